The number of hydrogen-bond donors (Lipinski definition) is 1. The van der Waals surface area contributed by atoms with E-state index in [0.717, 1.165) is 23.2 Å². The summed E-state index contributed by atoms with van der Waals surface area (Å²) in [6.07, 6.45) is 1.43. The number of rotatable bonds is 5. The van der Waals surface area contributed by atoms with Gasteiger partial charge < -0.3 is 4.74 Å². The summed E-state index contributed by atoms with van der Waals surface area (Å²) in [5, 5.41) is 2.60. The maximum Gasteiger partial charge on any atom is 0.335 e. The highest BCUT2D eigenvalue weighted by Gasteiger charge is 2.37. The number of nitrogens with zero attached hydrogens (tertiary/aromatic N) is 1. The molecule has 0 unspecified atom stereocenters. The predicted octanol–water partition coefficient (Wildman–Crippen LogP) is 6.24. The minimum absolute atomic E-state index is 0.187. The summed E-state index contributed by atoms with van der Waals surface area (Å²) < 4.78 is 20.5. The van der Waals surface area contributed by atoms with Gasteiger partial charge in [0.25, 0.3) is 11.8 Å². The largest absolute Gasteiger partial charge is 0.487 e. The van der Waals surface area contributed by atoms with Crippen LogP contribution in [0.2, 0.25) is 5.02 Å². The second kappa shape index (κ2) is 10.6. The Hall–Kier alpha value is -2.51. The van der Waals surface area contributed by atoms with E-state index < -0.39 is 17.8 Å². The third-order valence-electron chi connectivity index (χ3n) is 5.14. The lowest BCUT2D eigenvalue weighted by molar-refractivity contribution is -0.122. The van der Waals surface area contributed by atoms with Crippen LogP contribution in [0, 0.1) is 19.9 Å². The first-order valence-electron chi connectivity index (χ1n) is 10.2. The van der Waals surface area contributed by atoms with Crippen molar-refractivity contribution in [1.82, 2.24) is 5.32 Å². The molecule has 35 heavy (non-hydrogen) atoms. The standard InChI is InChI=1S/C25H16ClFI2N2O4/c1-13-2-7-17(11-19(13)26)31-24(33)18(23(32)30-25(31)34)8-15-9-20(28)22(21(29)10-15)35-12-14-3-5-16(27)6-4-14/h2-11H,12H2,1H3,(H,30,32,34)/b18-8-. The maximum absolute atomic E-state index is 13.1. The van der Waals surface area contributed by atoms with Gasteiger partial charge in [0.1, 0.15) is 23.7 Å². The fraction of sp³-hybridized carbons (Fsp3) is 0.0800. The van der Waals surface area contributed by atoms with Crippen LogP contribution < -0.4 is 15.0 Å². The molecule has 0 bridgehead atoms. The van der Waals surface area contributed by atoms with Crippen LogP contribution in [0.3, 0.4) is 0 Å². The average Bonchev–Trinajstić information content (AvgIpc) is 2.79. The van der Waals surface area contributed by atoms with Gasteiger partial charge in [-0.15, -0.1) is 0 Å². The van der Waals surface area contributed by atoms with E-state index in [1.54, 1.807) is 43.3 Å². The van der Waals surface area contributed by atoms with E-state index in [1.807, 2.05) is 0 Å². The fourth-order valence-electron chi connectivity index (χ4n) is 3.32. The molecule has 1 heterocycles. The van der Waals surface area contributed by atoms with E-state index in [-0.39, 0.29) is 23.7 Å². The van der Waals surface area contributed by atoms with Gasteiger partial charge in [-0.25, -0.2) is 14.1 Å². The Labute approximate surface area is 232 Å². The summed E-state index contributed by atoms with van der Waals surface area (Å²) in [6.45, 7) is 2.05. The molecule has 10 heteroatoms. The first-order chi connectivity index (χ1) is 16.6. The van der Waals surface area contributed by atoms with E-state index in [2.05, 4.69) is 50.5 Å². The Balaban J connectivity index is 1.61. The Morgan fingerprint density at radius 1 is 1.03 bits per heavy atom. The van der Waals surface area contributed by atoms with Gasteiger partial charge in [-0.05, 0) is 111 Å². The lowest BCUT2D eigenvalue weighted by Gasteiger charge is -2.26. The van der Waals surface area contributed by atoms with Crippen molar-refractivity contribution in [3.8, 4) is 5.75 Å². The third-order valence-corrected chi connectivity index (χ3v) is 7.15. The molecule has 0 radical (unpaired) electrons. The molecule has 0 atom stereocenters. The number of urea groups is 1. The van der Waals surface area contributed by atoms with E-state index in [9.17, 15) is 18.8 Å². The summed E-state index contributed by atoms with van der Waals surface area (Å²) in [5.41, 5.74) is 2.26. The highest BCUT2D eigenvalue weighted by Crippen LogP contribution is 2.32. The van der Waals surface area contributed by atoms with Crippen molar-refractivity contribution < 1.29 is 23.5 Å². The number of ether oxygens (including phenoxy) is 1. The van der Waals surface area contributed by atoms with Gasteiger partial charge in [-0.3, -0.25) is 14.9 Å². The molecule has 4 amide bonds. The van der Waals surface area contributed by atoms with Gasteiger partial charge in [-0.1, -0.05) is 29.8 Å². The van der Waals surface area contributed by atoms with Crippen LogP contribution in [0.15, 0.2) is 60.2 Å². The molecule has 1 aliphatic rings. The Kier molecular flexibility index (Phi) is 7.77. The van der Waals surface area contributed by atoms with Gasteiger partial charge in [0, 0.05) is 5.02 Å². The molecule has 6 nitrogen and oxygen atoms in total. The Morgan fingerprint density at radius 2 is 1.69 bits per heavy atom. The number of hydrogen-bond acceptors (Lipinski definition) is 4. The van der Waals surface area contributed by atoms with Crippen molar-refractivity contribution in [3.63, 3.8) is 0 Å². The van der Waals surface area contributed by atoms with E-state index >= 15 is 0 Å². The normalized spacial score (nSPS) is 14.9. The Morgan fingerprint density at radius 3 is 2.31 bits per heavy atom. The van der Waals surface area contributed by atoms with Crippen molar-refractivity contribution in [1.29, 1.82) is 0 Å². The number of amides is 4. The first kappa shape index (κ1) is 25.6. The van der Waals surface area contributed by atoms with E-state index in [4.69, 9.17) is 16.3 Å². The number of barbiturate groups is 1. The molecule has 3 aromatic rings. The number of halogens is 4. The van der Waals surface area contributed by atoms with Crippen LogP contribution in [0.25, 0.3) is 6.08 Å². The molecule has 1 fully saturated rings. The quantitative estimate of drug-likeness (QED) is 0.193. The second-order valence-corrected chi connectivity index (χ2v) is 10.4. The number of aryl methyl sites for hydroxylation is 1. The number of anilines is 1. The maximum atomic E-state index is 13.1. The summed E-state index contributed by atoms with van der Waals surface area (Å²) in [4.78, 5) is 39.0. The number of nitrogens with one attached hydrogen (secondary N) is 1. The molecule has 0 aromatic heterocycles. The Bertz CT molecular complexity index is 1370. The molecule has 0 aliphatic carbocycles. The fourth-order valence-corrected chi connectivity index (χ4v) is 5.62. The molecule has 1 N–H and O–H groups in total. The van der Waals surface area contributed by atoms with Crippen molar-refractivity contribution in [2.24, 2.45) is 0 Å². The summed E-state index contributed by atoms with van der Waals surface area (Å²) in [7, 11) is 0. The summed E-state index contributed by atoms with van der Waals surface area (Å²) in [5.74, 6) is -1.22. The summed E-state index contributed by atoms with van der Waals surface area (Å²) >= 11 is 10.4. The first-order valence-corrected chi connectivity index (χ1v) is 12.7. The molecular formula is C25H16ClFI2N2O4. The molecule has 3 aromatic carbocycles. The number of benzene rings is 3. The van der Waals surface area contributed by atoms with Gasteiger partial charge in [0.05, 0.1) is 12.8 Å². The average molecular weight is 717 g/mol. The molecule has 4 rings (SSSR count). The molecule has 0 spiro atoms. The van der Waals surface area contributed by atoms with Crippen LogP contribution in [0.1, 0.15) is 16.7 Å². The molecule has 0 saturated carbocycles. The van der Waals surface area contributed by atoms with Crippen molar-refractivity contribution >= 4 is 86.4 Å². The van der Waals surface area contributed by atoms with Crippen LogP contribution >= 0.6 is 56.8 Å². The van der Waals surface area contributed by atoms with E-state index in [0.29, 0.717) is 16.3 Å². The third kappa shape index (κ3) is 5.67. The zero-order valence-electron chi connectivity index (χ0n) is 18.1. The highest BCUT2D eigenvalue weighted by molar-refractivity contribution is 14.1. The van der Waals surface area contributed by atoms with Crippen molar-refractivity contribution in [2.75, 3.05) is 4.90 Å². The molecular weight excluding hydrogens is 701 g/mol. The van der Waals surface area contributed by atoms with Crippen LogP contribution in [0.5, 0.6) is 5.75 Å². The SMILES string of the molecule is Cc1ccc(N2C(=O)NC(=O)/C(=C/c3cc(I)c(OCc4ccc(F)cc4)c(I)c3)C2=O)cc1Cl. The lowest BCUT2D eigenvalue weighted by atomic mass is 10.1. The monoisotopic (exact) mass is 716 g/mol. The van der Waals surface area contributed by atoms with Crippen molar-refractivity contribution in [2.45, 2.75) is 13.5 Å². The zero-order chi connectivity index (χ0) is 25.3. The van der Waals surface area contributed by atoms with Crippen molar-refractivity contribution in [3.05, 3.63) is 94.8 Å². The van der Waals surface area contributed by atoms with E-state index in [1.165, 1.54) is 24.3 Å². The van der Waals surface area contributed by atoms with Gasteiger partial charge >= 0.3 is 6.03 Å². The molecule has 1 saturated heterocycles. The zero-order valence-corrected chi connectivity index (χ0v) is 23.1. The summed E-state index contributed by atoms with van der Waals surface area (Å²) in [6, 6.07) is 13.5. The van der Waals surface area contributed by atoms with Gasteiger partial charge in [0.2, 0.25) is 0 Å². The number of carbonyl (C=O) groups is 3. The predicted molar refractivity (Wildman–Crippen MR) is 148 cm³/mol. The topological polar surface area (TPSA) is 75.7 Å². The second-order valence-electron chi connectivity index (χ2n) is 7.62. The minimum Gasteiger partial charge on any atom is -0.487 e. The molecule has 1 aliphatic heterocycles. The smallest absolute Gasteiger partial charge is 0.335 e. The minimum atomic E-state index is -0.842. The highest BCUT2D eigenvalue weighted by atomic mass is 127. The molecule has 178 valence electrons. The number of imide groups is 2. The van der Waals surface area contributed by atoms with Gasteiger partial charge in [-0.2, -0.15) is 0 Å². The van der Waals surface area contributed by atoms with Crippen LogP contribution in [-0.2, 0) is 16.2 Å². The lowest BCUT2D eigenvalue weighted by Crippen LogP contribution is -2.54. The van der Waals surface area contributed by atoms with Crippen LogP contribution in [-0.4, -0.2) is 17.8 Å². The number of carbonyl (C=O) groups excluding carboxylic acids is 3. The van der Waals surface area contributed by atoms with Crippen LogP contribution in [0.4, 0.5) is 14.9 Å². The van der Waals surface area contributed by atoms with Gasteiger partial charge in [0.15, 0.2) is 0 Å².